The summed E-state index contributed by atoms with van der Waals surface area (Å²) < 4.78 is 50.5. The molecule has 3 aromatic rings. The van der Waals surface area contributed by atoms with E-state index in [4.69, 9.17) is 9.47 Å². The van der Waals surface area contributed by atoms with Crippen molar-refractivity contribution in [3.63, 3.8) is 0 Å². The molecule has 0 aliphatic heterocycles. The van der Waals surface area contributed by atoms with E-state index in [1.807, 2.05) is 49.4 Å². The molecule has 30 heavy (non-hydrogen) atoms. The number of hydrogen-bond donors (Lipinski definition) is 0. The molecule has 6 heteroatoms. The second-order valence-electron chi connectivity index (χ2n) is 6.61. The summed E-state index contributed by atoms with van der Waals surface area (Å²) in [7, 11) is 0. The van der Waals surface area contributed by atoms with Crippen LogP contribution < -0.4 is 9.47 Å². The number of nitrogens with zero attached hydrogens (tertiary/aromatic N) is 1. The maximum absolute atomic E-state index is 13.0. The van der Waals surface area contributed by atoms with Crippen molar-refractivity contribution < 1.29 is 22.6 Å². The van der Waals surface area contributed by atoms with Gasteiger partial charge in [-0.15, -0.1) is 0 Å². The van der Waals surface area contributed by atoms with Gasteiger partial charge < -0.3 is 9.47 Å². The van der Waals surface area contributed by atoms with Crippen LogP contribution in [0, 0.1) is 6.92 Å². The zero-order valence-electron chi connectivity index (χ0n) is 16.5. The molecule has 0 aliphatic rings. The SMILES string of the molecule is CC(=COc1ccc(C)cc1)C(=Nc1ccccc1)Oc1cccc(C(F)(F)F)c1. The van der Waals surface area contributed by atoms with Crippen LogP contribution in [0.4, 0.5) is 18.9 Å². The largest absolute Gasteiger partial charge is 0.465 e. The summed E-state index contributed by atoms with van der Waals surface area (Å²) in [5, 5.41) is 0. The summed E-state index contributed by atoms with van der Waals surface area (Å²) in [5.74, 6) is 0.785. The highest BCUT2D eigenvalue weighted by atomic mass is 19.4. The third-order valence-electron chi connectivity index (χ3n) is 4.09. The Morgan fingerprint density at radius 3 is 2.23 bits per heavy atom. The average Bonchev–Trinajstić information content (AvgIpc) is 2.73. The first-order chi connectivity index (χ1) is 14.3. The number of ether oxygens (including phenoxy) is 2. The number of aryl methyl sites for hydroxylation is 1. The van der Waals surface area contributed by atoms with E-state index in [0.717, 1.165) is 17.7 Å². The van der Waals surface area contributed by atoms with Gasteiger partial charge >= 0.3 is 6.18 Å². The monoisotopic (exact) mass is 411 g/mol. The van der Waals surface area contributed by atoms with E-state index in [1.54, 1.807) is 19.1 Å². The molecule has 0 bridgehead atoms. The van der Waals surface area contributed by atoms with Crippen LogP contribution >= 0.6 is 0 Å². The van der Waals surface area contributed by atoms with Gasteiger partial charge in [0.2, 0.25) is 5.90 Å². The lowest BCUT2D eigenvalue weighted by Gasteiger charge is -2.12. The average molecular weight is 411 g/mol. The van der Waals surface area contributed by atoms with Crippen molar-refractivity contribution in [2.75, 3.05) is 0 Å². The van der Waals surface area contributed by atoms with Gasteiger partial charge in [-0.2, -0.15) is 13.2 Å². The molecule has 0 saturated carbocycles. The van der Waals surface area contributed by atoms with Crippen LogP contribution in [0.5, 0.6) is 11.5 Å². The molecule has 3 rings (SSSR count). The molecule has 0 atom stereocenters. The highest BCUT2D eigenvalue weighted by molar-refractivity contribution is 5.96. The molecule has 0 fully saturated rings. The van der Waals surface area contributed by atoms with E-state index in [2.05, 4.69) is 4.99 Å². The van der Waals surface area contributed by atoms with Crippen molar-refractivity contribution in [3.8, 4) is 11.5 Å². The second-order valence-corrected chi connectivity index (χ2v) is 6.61. The van der Waals surface area contributed by atoms with Gasteiger partial charge in [-0.3, -0.25) is 0 Å². The van der Waals surface area contributed by atoms with Crippen LogP contribution in [0.25, 0.3) is 0 Å². The van der Waals surface area contributed by atoms with Crippen molar-refractivity contribution in [1.29, 1.82) is 0 Å². The molecule has 154 valence electrons. The van der Waals surface area contributed by atoms with Gasteiger partial charge in [-0.25, -0.2) is 4.99 Å². The summed E-state index contributed by atoms with van der Waals surface area (Å²) in [6.07, 6.45) is -3.00. The highest BCUT2D eigenvalue weighted by Gasteiger charge is 2.30. The minimum Gasteiger partial charge on any atom is -0.465 e. The number of alkyl halides is 3. The lowest BCUT2D eigenvalue weighted by Crippen LogP contribution is -2.12. The van der Waals surface area contributed by atoms with E-state index in [0.29, 0.717) is 17.0 Å². The predicted molar refractivity (Wildman–Crippen MR) is 111 cm³/mol. The summed E-state index contributed by atoms with van der Waals surface area (Å²) in [4.78, 5) is 4.44. The van der Waals surface area contributed by atoms with Gasteiger partial charge in [0.05, 0.1) is 17.5 Å². The molecule has 0 aromatic heterocycles. The van der Waals surface area contributed by atoms with Gasteiger partial charge in [0.1, 0.15) is 11.5 Å². The minimum atomic E-state index is -4.46. The molecule has 0 unspecified atom stereocenters. The Kier molecular flexibility index (Phi) is 6.57. The zero-order chi connectivity index (χ0) is 21.6. The van der Waals surface area contributed by atoms with Gasteiger partial charge in [-0.05, 0) is 56.3 Å². The van der Waals surface area contributed by atoms with E-state index in [9.17, 15) is 13.2 Å². The fourth-order valence-corrected chi connectivity index (χ4v) is 2.48. The maximum atomic E-state index is 13.0. The third-order valence-corrected chi connectivity index (χ3v) is 4.09. The number of hydrogen-bond acceptors (Lipinski definition) is 3. The molecule has 3 nitrogen and oxygen atoms in total. The van der Waals surface area contributed by atoms with Crippen molar-refractivity contribution in [3.05, 3.63) is 102 Å². The number of halogens is 3. The van der Waals surface area contributed by atoms with E-state index >= 15 is 0 Å². The first-order valence-electron chi connectivity index (χ1n) is 9.20. The Morgan fingerprint density at radius 2 is 1.57 bits per heavy atom. The molecule has 0 spiro atoms. The smallest absolute Gasteiger partial charge is 0.416 e. The molecule has 0 N–H and O–H groups in total. The van der Waals surface area contributed by atoms with Crippen molar-refractivity contribution >= 4 is 11.6 Å². The Morgan fingerprint density at radius 1 is 0.867 bits per heavy atom. The normalized spacial score (nSPS) is 12.6. The first kappa shape index (κ1) is 21.2. The molecule has 0 radical (unpaired) electrons. The Balaban J connectivity index is 1.90. The lowest BCUT2D eigenvalue weighted by atomic mass is 10.2. The topological polar surface area (TPSA) is 30.8 Å². The van der Waals surface area contributed by atoms with E-state index < -0.39 is 11.7 Å². The number of benzene rings is 3. The summed E-state index contributed by atoms with van der Waals surface area (Å²) in [6, 6.07) is 21.1. The number of aliphatic imine (C=N–C) groups is 1. The first-order valence-corrected chi connectivity index (χ1v) is 9.20. The van der Waals surface area contributed by atoms with Crippen molar-refractivity contribution in [2.24, 2.45) is 4.99 Å². The molecule has 0 heterocycles. The van der Waals surface area contributed by atoms with Crippen LogP contribution in [0.3, 0.4) is 0 Å². The van der Waals surface area contributed by atoms with Gasteiger partial charge in [0.25, 0.3) is 0 Å². The molecular formula is C24H20F3NO2. The van der Waals surface area contributed by atoms with Crippen LogP contribution in [-0.4, -0.2) is 5.90 Å². The molecular weight excluding hydrogens is 391 g/mol. The molecule has 3 aromatic carbocycles. The van der Waals surface area contributed by atoms with Crippen LogP contribution in [-0.2, 0) is 6.18 Å². The number of rotatable bonds is 5. The van der Waals surface area contributed by atoms with Crippen LogP contribution in [0.15, 0.2) is 95.7 Å². The summed E-state index contributed by atoms with van der Waals surface area (Å²) >= 11 is 0. The van der Waals surface area contributed by atoms with Crippen molar-refractivity contribution in [2.45, 2.75) is 20.0 Å². The van der Waals surface area contributed by atoms with Crippen LogP contribution in [0.2, 0.25) is 0 Å². The number of para-hydroxylation sites is 1. The lowest BCUT2D eigenvalue weighted by molar-refractivity contribution is -0.137. The highest BCUT2D eigenvalue weighted by Crippen LogP contribution is 2.31. The predicted octanol–water partition coefficient (Wildman–Crippen LogP) is 7.11. The zero-order valence-corrected chi connectivity index (χ0v) is 16.5. The van der Waals surface area contributed by atoms with Crippen molar-refractivity contribution in [1.82, 2.24) is 0 Å². The fraction of sp³-hybridized carbons (Fsp3) is 0.125. The Labute approximate surface area is 173 Å². The summed E-state index contributed by atoms with van der Waals surface area (Å²) in [5.41, 5.74) is 1.42. The third kappa shape index (κ3) is 5.98. The van der Waals surface area contributed by atoms with Gasteiger partial charge in [-0.1, -0.05) is 42.0 Å². The maximum Gasteiger partial charge on any atom is 0.416 e. The fourth-order valence-electron chi connectivity index (χ4n) is 2.48. The molecule has 0 aliphatic carbocycles. The van der Waals surface area contributed by atoms with Gasteiger partial charge in [0.15, 0.2) is 0 Å². The van der Waals surface area contributed by atoms with E-state index in [-0.39, 0.29) is 11.6 Å². The van der Waals surface area contributed by atoms with Gasteiger partial charge in [0, 0.05) is 5.57 Å². The van der Waals surface area contributed by atoms with Crippen LogP contribution in [0.1, 0.15) is 18.1 Å². The minimum absolute atomic E-state index is 0.0302. The second kappa shape index (κ2) is 9.31. The Bertz CT molecular complexity index is 1040. The summed E-state index contributed by atoms with van der Waals surface area (Å²) in [6.45, 7) is 3.68. The quantitative estimate of drug-likeness (QED) is 0.255. The molecule has 0 saturated heterocycles. The standard InChI is InChI=1S/C24H20F3NO2/c1-17-11-13-21(14-12-17)29-16-18(2)23(28-20-8-4-3-5-9-20)30-22-10-6-7-19(15-22)24(25,26)27/h3-16H,1-2H3. The molecule has 0 amide bonds. The van der Waals surface area contributed by atoms with E-state index in [1.165, 1.54) is 18.4 Å². The Hall–Kier alpha value is -3.54.